The fourth-order valence-electron chi connectivity index (χ4n) is 4.61. The van der Waals surface area contributed by atoms with E-state index in [0.29, 0.717) is 13.1 Å². The zero-order valence-corrected chi connectivity index (χ0v) is 18.4. The van der Waals surface area contributed by atoms with E-state index in [1.165, 1.54) is 11.3 Å². The number of hydrogen-bond acceptors (Lipinski definition) is 3. The molecule has 0 aromatic heterocycles. The Balaban J connectivity index is 1.31. The largest absolute Gasteiger partial charge is 0.365 e. The number of carbonyl (C=O) groups is 2. The summed E-state index contributed by atoms with van der Waals surface area (Å²) in [6.45, 7) is 7.75. The Morgan fingerprint density at radius 3 is 2.48 bits per heavy atom. The Morgan fingerprint density at radius 1 is 0.935 bits per heavy atom. The van der Waals surface area contributed by atoms with Crippen molar-refractivity contribution >= 4 is 23.6 Å². The average Bonchev–Trinajstić information content (AvgIpc) is 3.28. The van der Waals surface area contributed by atoms with Gasteiger partial charge in [0.15, 0.2) is 0 Å². The fourth-order valence-corrected chi connectivity index (χ4v) is 4.61. The second-order valence-electron chi connectivity index (χ2n) is 8.68. The normalized spacial score (nSPS) is 21.7. The number of likely N-dealkylation sites (tertiary alicyclic amines) is 1. The molecular weight excluding hydrogens is 386 g/mol. The minimum absolute atomic E-state index is 0.0169. The van der Waals surface area contributed by atoms with Gasteiger partial charge in [-0.25, -0.2) is 0 Å². The van der Waals surface area contributed by atoms with E-state index in [1.807, 2.05) is 41.3 Å². The molecule has 5 nitrogen and oxygen atoms in total. The van der Waals surface area contributed by atoms with Crippen LogP contribution in [0.5, 0.6) is 0 Å². The van der Waals surface area contributed by atoms with Gasteiger partial charge in [0.2, 0.25) is 11.8 Å². The van der Waals surface area contributed by atoms with Gasteiger partial charge in [0.05, 0.1) is 5.92 Å². The zero-order chi connectivity index (χ0) is 21.8. The highest BCUT2D eigenvalue weighted by molar-refractivity contribution is 5.92. The van der Waals surface area contributed by atoms with Gasteiger partial charge in [0.1, 0.15) is 0 Å². The highest BCUT2D eigenvalue weighted by atomic mass is 16.2. The third-order valence-electron chi connectivity index (χ3n) is 6.34. The smallest absolute Gasteiger partial charge is 0.246 e. The van der Waals surface area contributed by atoms with Gasteiger partial charge >= 0.3 is 0 Å². The van der Waals surface area contributed by atoms with Crippen molar-refractivity contribution in [3.63, 3.8) is 0 Å². The minimum Gasteiger partial charge on any atom is -0.365 e. The van der Waals surface area contributed by atoms with E-state index in [-0.39, 0.29) is 23.8 Å². The maximum absolute atomic E-state index is 13.1. The maximum Gasteiger partial charge on any atom is 0.246 e. The molecule has 2 atom stereocenters. The molecule has 31 heavy (non-hydrogen) atoms. The standard InChI is InChI=1S/C26H31N3O2/c1-20-7-6-10-24(17-20)29-16-15-28(18-21(29)2)26(31)23-13-14-27(19-23)25(30)12-11-22-8-4-3-5-9-22/h3-12,17,21,23H,13-16,18-19H2,1-2H3/b12-11+. The molecule has 4 rings (SSSR count). The summed E-state index contributed by atoms with van der Waals surface area (Å²) in [5.74, 6) is 0.0849. The molecule has 2 heterocycles. The van der Waals surface area contributed by atoms with E-state index >= 15 is 0 Å². The van der Waals surface area contributed by atoms with Gasteiger partial charge in [0, 0.05) is 50.5 Å². The second-order valence-corrected chi connectivity index (χ2v) is 8.68. The van der Waals surface area contributed by atoms with E-state index in [9.17, 15) is 9.59 Å². The zero-order valence-electron chi connectivity index (χ0n) is 18.4. The van der Waals surface area contributed by atoms with E-state index in [2.05, 4.69) is 43.0 Å². The Kier molecular flexibility index (Phi) is 6.40. The van der Waals surface area contributed by atoms with Crippen LogP contribution in [0, 0.1) is 12.8 Å². The van der Waals surface area contributed by atoms with Crippen molar-refractivity contribution in [1.29, 1.82) is 0 Å². The first-order chi connectivity index (χ1) is 15.0. The lowest BCUT2D eigenvalue weighted by Gasteiger charge is -2.42. The summed E-state index contributed by atoms with van der Waals surface area (Å²) >= 11 is 0. The Labute approximate surface area is 184 Å². The highest BCUT2D eigenvalue weighted by Gasteiger charge is 2.35. The molecule has 0 aliphatic carbocycles. The molecule has 0 radical (unpaired) electrons. The molecule has 2 aromatic rings. The molecular formula is C26H31N3O2. The number of rotatable bonds is 4. The van der Waals surface area contributed by atoms with Gasteiger partial charge in [0.25, 0.3) is 0 Å². The number of amides is 2. The van der Waals surface area contributed by atoms with Crippen molar-refractivity contribution in [3.8, 4) is 0 Å². The minimum atomic E-state index is -0.0909. The molecule has 2 aromatic carbocycles. The van der Waals surface area contributed by atoms with E-state index < -0.39 is 0 Å². The first kappa shape index (κ1) is 21.2. The average molecular weight is 418 g/mol. The van der Waals surface area contributed by atoms with Crippen molar-refractivity contribution in [3.05, 3.63) is 71.8 Å². The van der Waals surface area contributed by atoms with Gasteiger partial charge in [-0.1, -0.05) is 42.5 Å². The van der Waals surface area contributed by atoms with Crippen LogP contribution in [0.2, 0.25) is 0 Å². The van der Waals surface area contributed by atoms with Gasteiger partial charge in [-0.2, -0.15) is 0 Å². The summed E-state index contributed by atoms with van der Waals surface area (Å²) in [5, 5.41) is 0. The summed E-state index contributed by atoms with van der Waals surface area (Å²) in [5.41, 5.74) is 3.48. The number of hydrogen-bond donors (Lipinski definition) is 0. The number of aryl methyl sites for hydroxylation is 1. The maximum atomic E-state index is 13.1. The van der Waals surface area contributed by atoms with Gasteiger partial charge in [-0.05, 0) is 49.6 Å². The molecule has 0 spiro atoms. The Bertz CT molecular complexity index is 956. The van der Waals surface area contributed by atoms with Crippen LogP contribution in [-0.4, -0.2) is 60.4 Å². The molecule has 162 valence electrons. The predicted octanol–water partition coefficient (Wildman–Crippen LogP) is 3.59. The molecule has 0 N–H and O–H groups in total. The van der Waals surface area contributed by atoms with Crippen LogP contribution in [0.3, 0.4) is 0 Å². The van der Waals surface area contributed by atoms with Crippen molar-refractivity contribution in [2.24, 2.45) is 5.92 Å². The monoisotopic (exact) mass is 417 g/mol. The van der Waals surface area contributed by atoms with Crippen LogP contribution in [0.4, 0.5) is 5.69 Å². The lowest BCUT2D eigenvalue weighted by molar-refractivity contribution is -0.136. The summed E-state index contributed by atoms with van der Waals surface area (Å²) in [6, 6.07) is 18.6. The van der Waals surface area contributed by atoms with Gasteiger partial charge in [-0.15, -0.1) is 0 Å². The Morgan fingerprint density at radius 2 is 1.74 bits per heavy atom. The first-order valence-corrected chi connectivity index (χ1v) is 11.2. The van der Waals surface area contributed by atoms with Crippen LogP contribution in [0.25, 0.3) is 6.08 Å². The molecule has 0 saturated carbocycles. The molecule has 2 unspecified atom stereocenters. The lowest BCUT2D eigenvalue weighted by atomic mass is 10.0. The van der Waals surface area contributed by atoms with E-state index in [1.54, 1.807) is 11.0 Å². The first-order valence-electron chi connectivity index (χ1n) is 11.2. The number of anilines is 1. The van der Waals surface area contributed by atoms with Crippen molar-refractivity contribution < 1.29 is 9.59 Å². The van der Waals surface area contributed by atoms with Gasteiger partial charge < -0.3 is 14.7 Å². The number of carbonyl (C=O) groups excluding carboxylic acids is 2. The lowest BCUT2D eigenvalue weighted by Crippen LogP contribution is -2.55. The van der Waals surface area contributed by atoms with Crippen LogP contribution in [0.15, 0.2) is 60.7 Å². The van der Waals surface area contributed by atoms with Crippen LogP contribution in [-0.2, 0) is 9.59 Å². The van der Waals surface area contributed by atoms with Crippen molar-refractivity contribution in [1.82, 2.24) is 9.80 Å². The number of nitrogens with zero attached hydrogens (tertiary/aromatic N) is 3. The molecule has 5 heteroatoms. The molecule has 2 fully saturated rings. The molecule has 2 saturated heterocycles. The number of benzene rings is 2. The highest BCUT2D eigenvalue weighted by Crippen LogP contribution is 2.25. The fraction of sp³-hybridized carbons (Fsp3) is 0.385. The molecule has 2 aliphatic rings. The predicted molar refractivity (Wildman–Crippen MR) is 125 cm³/mol. The summed E-state index contributed by atoms with van der Waals surface area (Å²) in [4.78, 5) is 31.9. The van der Waals surface area contributed by atoms with Gasteiger partial charge in [-0.3, -0.25) is 9.59 Å². The van der Waals surface area contributed by atoms with E-state index in [4.69, 9.17) is 0 Å². The topological polar surface area (TPSA) is 43.9 Å². The third kappa shape index (κ3) is 4.98. The van der Waals surface area contributed by atoms with Crippen LogP contribution >= 0.6 is 0 Å². The van der Waals surface area contributed by atoms with Crippen LogP contribution < -0.4 is 4.90 Å². The van der Waals surface area contributed by atoms with Crippen molar-refractivity contribution in [2.75, 3.05) is 37.6 Å². The van der Waals surface area contributed by atoms with Crippen molar-refractivity contribution in [2.45, 2.75) is 26.3 Å². The molecule has 2 amide bonds. The number of piperazine rings is 1. The summed E-state index contributed by atoms with van der Waals surface area (Å²) in [7, 11) is 0. The Hall–Kier alpha value is -3.08. The SMILES string of the molecule is Cc1cccc(N2CCN(C(=O)C3CCN(C(=O)/C=C/c4ccccc4)C3)CC2C)c1. The summed E-state index contributed by atoms with van der Waals surface area (Å²) < 4.78 is 0. The molecule has 0 bridgehead atoms. The van der Waals surface area contributed by atoms with E-state index in [0.717, 1.165) is 31.6 Å². The summed E-state index contributed by atoms with van der Waals surface area (Å²) in [6.07, 6.45) is 4.20. The second kappa shape index (κ2) is 9.38. The molecule has 2 aliphatic heterocycles. The third-order valence-corrected chi connectivity index (χ3v) is 6.34. The quantitative estimate of drug-likeness (QED) is 0.714. The van der Waals surface area contributed by atoms with Crippen LogP contribution in [0.1, 0.15) is 24.5 Å².